The van der Waals surface area contributed by atoms with Crippen molar-refractivity contribution in [2.24, 2.45) is 0 Å². The summed E-state index contributed by atoms with van der Waals surface area (Å²) < 4.78 is 66.7. The van der Waals surface area contributed by atoms with E-state index in [9.17, 15) is 31.5 Å². The lowest BCUT2D eigenvalue weighted by Crippen LogP contribution is -2.37. The summed E-state index contributed by atoms with van der Waals surface area (Å²) in [5.41, 5.74) is 2.52. The quantitative estimate of drug-likeness (QED) is 0.308. The van der Waals surface area contributed by atoms with E-state index in [0.717, 1.165) is 18.4 Å². The zero-order valence-electron chi connectivity index (χ0n) is 20.5. The first-order valence-corrected chi connectivity index (χ1v) is 13.7. The summed E-state index contributed by atoms with van der Waals surface area (Å²) in [4.78, 5) is 18.7. The van der Waals surface area contributed by atoms with E-state index < -0.39 is 21.8 Å². The molecule has 0 saturated carbocycles. The van der Waals surface area contributed by atoms with Gasteiger partial charge in [-0.2, -0.15) is 13.2 Å². The number of pyridine rings is 1. The fraction of sp³-hybridized carbons (Fsp3) is 0.143. The molecule has 0 atom stereocenters. The second-order valence-corrected chi connectivity index (χ2v) is 10.9. The number of sulfonamides is 1. The molecule has 2 heterocycles. The number of alkyl halides is 3. The molecule has 0 bridgehead atoms. The smallest absolute Gasteiger partial charge is 0.416 e. The molecular formula is C28H22F3N3O4S. The van der Waals surface area contributed by atoms with Crippen LogP contribution in [0.3, 0.4) is 0 Å². The van der Waals surface area contributed by atoms with E-state index in [4.69, 9.17) is 0 Å². The van der Waals surface area contributed by atoms with Crippen LogP contribution < -0.4 is 9.62 Å². The van der Waals surface area contributed by atoms with Crippen molar-refractivity contribution in [3.05, 3.63) is 95.8 Å². The molecule has 4 aromatic rings. The number of aromatic nitrogens is 1. The standard InChI is InChI=1S/C28H22F3N3O4S/c1-39(37,38)33-25-16-23(3-5-26(25)35)34-11-8-19-12-18(2-4-24(19)27(34)36)21-13-20(17-6-9-32-10-7-17)14-22(15-21)28(29,30)31/h2-7,9-10,12-16,33,35H,8,11H2,1H3. The molecule has 3 aromatic carbocycles. The molecule has 0 fully saturated rings. The zero-order chi connectivity index (χ0) is 27.9. The number of phenols is 1. The Morgan fingerprint density at radius 3 is 2.26 bits per heavy atom. The van der Waals surface area contributed by atoms with E-state index in [1.807, 2.05) is 0 Å². The van der Waals surface area contributed by atoms with Crippen LogP contribution >= 0.6 is 0 Å². The van der Waals surface area contributed by atoms with Gasteiger partial charge in [-0.3, -0.25) is 14.5 Å². The van der Waals surface area contributed by atoms with Crippen molar-refractivity contribution in [2.75, 3.05) is 22.4 Å². The van der Waals surface area contributed by atoms with Crippen LogP contribution in [-0.2, 0) is 22.6 Å². The fourth-order valence-electron chi connectivity index (χ4n) is 4.56. The highest BCUT2D eigenvalue weighted by molar-refractivity contribution is 7.92. The molecule has 7 nitrogen and oxygen atoms in total. The number of nitrogens with one attached hydrogen (secondary N) is 1. The van der Waals surface area contributed by atoms with Crippen LogP contribution in [0.25, 0.3) is 22.3 Å². The van der Waals surface area contributed by atoms with E-state index in [1.54, 1.807) is 36.4 Å². The second-order valence-electron chi connectivity index (χ2n) is 9.19. The third kappa shape index (κ3) is 5.58. The average Bonchev–Trinajstić information content (AvgIpc) is 2.89. The van der Waals surface area contributed by atoms with Gasteiger partial charge in [-0.25, -0.2) is 8.42 Å². The molecule has 1 aromatic heterocycles. The second kappa shape index (κ2) is 9.73. The molecule has 0 unspecified atom stereocenters. The number of aromatic hydroxyl groups is 1. The monoisotopic (exact) mass is 553 g/mol. The predicted octanol–water partition coefficient (Wildman–Crippen LogP) is 5.71. The molecule has 1 aliphatic rings. The lowest BCUT2D eigenvalue weighted by atomic mass is 9.91. The number of benzene rings is 3. The molecule has 11 heteroatoms. The van der Waals surface area contributed by atoms with Crippen LogP contribution in [0.4, 0.5) is 24.5 Å². The van der Waals surface area contributed by atoms with Crippen LogP contribution in [0.1, 0.15) is 21.5 Å². The molecule has 0 radical (unpaired) electrons. The average molecular weight is 554 g/mol. The fourth-order valence-corrected chi connectivity index (χ4v) is 5.12. The van der Waals surface area contributed by atoms with Gasteiger partial charge in [-0.1, -0.05) is 12.1 Å². The topological polar surface area (TPSA) is 99.6 Å². The lowest BCUT2D eigenvalue weighted by molar-refractivity contribution is -0.137. The lowest BCUT2D eigenvalue weighted by Gasteiger charge is -2.29. The van der Waals surface area contributed by atoms with E-state index in [0.29, 0.717) is 45.5 Å². The Morgan fingerprint density at radius 2 is 1.59 bits per heavy atom. The van der Waals surface area contributed by atoms with Crippen LogP contribution in [0.5, 0.6) is 5.75 Å². The van der Waals surface area contributed by atoms with Gasteiger partial charge >= 0.3 is 6.18 Å². The molecule has 0 spiro atoms. The van der Waals surface area contributed by atoms with E-state index in [-0.39, 0.29) is 23.9 Å². The van der Waals surface area contributed by atoms with Crippen LogP contribution in [-0.4, -0.2) is 37.2 Å². The van der Waals surface area contributed by atoms with Gasteiger partial charge in [0.1, 0.15) is 5.75 Å². The maximum Gasteiger partial charge on any atom is 0.416 e. The van der Waals surface area contributed by atoms with Crippen molar-refractivity contribution in [1.82, 2.24) is 4.98 Å². The summed E-state index contributed by atoms with van der Waals surface area (Å²) in [6, 6.07) is 16.2. The Labute approximate surface area is 222 Å². The summed E-state index contributed by atoms with van der Waals surface area (Å²) in [7, 11) is -3.66. The first-order valence-electron chi connectivity index (χ1n) is 11.8. The van der Waals surface area contributed by atoms with Crippen molar-refractivity contribution in [3.63, 3.8) is 0 Å². The van der Waals surface area contributed by atoms with Crippen LogP contribution in [0.2, 0.25) is 0 Å². The maximum atomic E-state index is 13.7. The SMILES string of the molecule is CS(=O)(=O)Nc1cc(N2CCc3cc(-c4cc(-c5ccncc5)cc(C(F)(F)F)c4)ccc3C2=O)ccc1O. The van der Waals surface area contributed by atoms with E-state index >= 15 is 0 Å². The highest BCUT2D eigenvalue weighted by Crippen LogP contribution is 2.38. The molecule has 1 aliphatic heterocycles. The van der Waals surface area contributed by atoms with E-state index in [2.05, 4.69) is 9.71 Å². The summed E-state index contributed by atoms with van der Waals surface area (Å²) >= 11 is 0. The number of nitrogens with zero attached hydrogens (tertiary/aromatic N) is 2. The molecule has 0 saturated heterocycles. The number of fused-ring (bicyclic) bond motifs is 1. The van der Waals surface area contributed by atoms with Gasteiger partial charge < -0.3 is 10.0 Å². The van der Waals surface area contributed by atoms with Gasteiger partial charge in [-0.15, -0.1) is 0 Å². The van der Waals surface area contributed by atoms with Crippen molar-refractivity contribution in [1.29, 1.82) is 0 Å². The number of anilines is 2. The van der Waals surface area contributed by atoms with Crippen molar-refractivity contribution < 1.29 is 31.5 Å². The molecule has 0 aliphatic carbocycles. The molecule has 1 amide bonds. The normalized spacial score (nSPS) is 13.7. The van der Waals surface area contributed by atoms with Gasteiger partial charge in [0.05, 0.1) is 17.5 Å². The predicted molar refractivity (Wildman–Crippen MR) is 142 cm³/mol. The number of amides is 1. The van der Waals surface area contributed by atoms with Gasteiger partial charge in [-0.05, 0) is 88.8 Å². The number of hydrogen-bond donors (Lipinski definition) is 2. The largest absolute Gasteiger partial charge is 0.506 e. The first-order chi connectivity index (χ1) is 18.4. The van der Waals surface area contributed by atoms with Crippen molar-refractivity contribution in [3.8, 4) is 28.0 Å². The number of rotatable bonds is 5. The molecule has 200 valence electrons. The summed E-state index contributed by atoms with van der Waals surface area (Å²) in [6.07, 6.45) is -0.152. The van der Waals surface area contributed by atoms with Crippen molar-refractivity contribution >= 4 is 27.3 Å². The highest BCUT2D eigenvalue weighted by Gasteiger charge is 2.32. The number of halogens is 3. The third-order valence-corrected chi connectivity index (χ3v) is 6.97. The minimum Gasteiger partial charge on any atom is -0.506 e. The Bertz CT molecular complexity index is 1690. The van der Waals surface area contributed by atoms with E-state index in [1.165, 1.54) is 35.5 Å². The van der Waals surface area contributed by atoms with Gasteiger partial charge in [0, 0.05) is 30.2 Å². The van der Waals surface area contributed by atoms with Gasteiger partial charge in [0.15, 0.2) is 0 Å². The minimum absolute atomic E-state index is 0.0570. The van der Waals surface area contributed by atoms with Crippen LogP contribution in [0.15, 0.2) is 79.1 Å². The number of carbonyl (C=O) groups excluding carboxylic acids is 1. The Hall–Kier alpha value is -4.38. The van der Waals surface area contributed by atoms with Gasteiger partial charge in [0.25, 0.3) is 5.91 Å². The minimum atomic E-state index is -4.54. The summed E-state index contributed by atoms with van der Waals surface area (Å²) in [5.74, 6) is -0.633. The molecule has 2 N–H and O–H groups in total. The number of phenolic OH excluding ortho intramolecular Hbond substituents is 1. The summed E-state index contributed by atoms with van der Waals surface area (Å²) in [5, 5.41) is 10.0. The number of carbonyl (C=O) groups is 1. The third-order valence-electron chi connectivity index (χ3n) is 6.38. The van der Waals surface area contributed by atoms with Gasteiger partial charge in [0.2, 0.25) is 10.0 Å². The highest BCUT2D eigenvalue weighted by atomic mass is 32.2. The Morgan fingerprint density at radius 1 is 0.897 bits per heavy atom. The number of hydrogen-bond acceptors (Lipinski definition) is 5. The Balaban J connectivity index is 1.50. The molecule has 5 rings (SSSR count). The van der Waals surface area contributed by atoms with Crippen molar-refractivity contribution in [2.45, 2.75) is 12.6 Å². The van der Waals surface area contributed by atoms with Crippen LogP contribution in [0, 0.1) is 0 Å². The maximum absolute atomic E-state index is 13.7. The Kier molecular flexibility index (Phi) is 6.55. The summed E-state index contributed by atoms with van der Waals surface area (Å²) in [6.45, 7) is 0.253. The zero-order valence-corrected chi connectivity index (χ0v) is 21.3. The molecular weight excluding hydrogens is 531 g/mol. The first kappa shape index (κ1) is 26.2. The molecule has 39 heavy (non-hydrogen) atoms.